The minimum absolute atomic E-state index is 0.127. The van der Waals surface area contributed by atoms with Gasteiger partial charge in [0.05, 0.1) is 5.39 Å². The number of benzene rings is 1. The highest BCUT2D eigenvalue weighted by Crippen LogP contribution is 2.41. The zero-order chi connectivity index (χ0) is 14.4. The van der Waals surface area contributed by atoms with Crippen molar-refractivity contribution in [3.8, 4) is 11.6 Å². The lowest BCUT2D eigenvalue weighted by atomic mass is 10.2. The fraction of sp³-hybridized carbons (Fsp3) is 0.200. The first-order chi connectivity index (χ1) is 10.2. The first-order valence-corrected chi connectivity index (χ1v) is 7.52. The number of nitrogen functional groups attached to an aromatic ring is 1. The molecule has 0 fully saturated rings. The lowest BCUT2D eigenvalue weighted by Crippen LogP contribution is -1.95. The van der Waals surface area contributed by atoms with Crippen LogP contribution in [0.4, 0.5) is 10.1 Å². The molecule has 1 aliphatic carbocycles. The second kappa shape index (κ2) is 4.66. The molecule has 1 aliphatic rings. The molecule has 6 heteroatoms. The molecule has 0 bridgehead atoms. The highest BCUT2D eigenvalue weighted by molar-refractivity contribution is 7.18. The van der Waals surface area contributed by atoms with Gasteiger partial charge in [0, 0.05) is 16.6 Å². The number of aryl methyl sites for hydroxylation is 2. The van der Waals surface area contributed by atoms with Gasteiger partial charge in [0.25, 0.3) is 0 Å². The van der Waals surface area contributed by atoms with Gasteiger partial charge in [-0.05, 0) is 37.0 Å². The van der Waals surface area contributed by atoms with E-state index in [1.165, 1.54) is 28.9 Å². The first kappa shape index (κ1) is 12.5. The van der Waals surface area contributed by atoms with E-state index in [1.54, 1.807) is 17.4 Å². The maximum atomic E-state index is 13.9. The number of nitrogens with two attached hydrogens (primary N) is 1. The normalized spacial score (nSPS) is 13.6. The molecule has 2 aromatic heterocycles. The van der Waals surface area contributed by atoms with Crippen molar-refractivity contribution in [2.75, 3.05) is 5.73 Å². The van der Waals surface area contributed by atoms with E-state index in [9.17, 15) is 4.39 Å². The Hall–Kier alpha value is -2.21. The Morgan fingerprint density at radius 1 is 1.24 bits per heavy atom. The van der Waals surface area contributed by atoms with Gasteiger partial charge in [0.2, 0.25) is 5.88 Å². The molecule has 0 spiro atoms. The monoisotopic (exact) mass is 301 g/mol. The third-order valence-electron chi connectivity index (χ3n) is 3.63. The number of ether oxygens (including phenoxy) is 1. The smallest absolute Gasteiger partial charge is 0.231 e. The van der Waals surface area contributed by atoms with Crippen molar-refractivity contribution < 1.29 is 9.13 Å². The van der Waals surface area contributed by atoms with Gasteiger partial charge >= 0.3 is 0 Å². The van der Waals surface area contributed by atoms with Crippen LogP contribution in [0.15, 0.2) is 24.5 Å². The van der Waals surface area contributed by atoms with Crippen LogP contribution < -0.4 is 10.5 Å². The molecule has 4 nitrogen and oxygen atoms in total. The van der Waals surface area contributed by atoms with E-state index in [4.69, 9.17) is 10.5 Å². The number of anilines is 1. The van der Waals surface area contributed by atoms with Gasteiger partial charge in [0.1, 0.15) is 11.2 Å². The summed E-state index contributed by atoms with van der Waals surface area (Å²) >= 11 is 1.67. The van der Waals surface area contributed by atoms with Crippen molar-refractivity contribution in [2.45, 2.75) is 19.3 Å². The predicted octanol–water partition coefficient (Wildman–Crippen LogP) is 3.69. The van der Waals surface area contributed by atoms with Gasteiger partial charge in [-0.1, -0.05) is 0 Å². The van der Waals surface area contributed by atoms with E-state index in [2.05, 4.69) is 9.97 Å². The number of aromatic nitrogens is 2. The number of hydrogen-bond acceptors (Lipinski definition) is 5. The molecule has 4 rings (SSSR count). The maximum absolute atomic E-state index is 13.9. The molecular weight excluding hydrogens is 289 g/mol. The van der Waals surface area contributed by atoms with Crippen LogP contribution >= 0.6 is 11.3 Å². The summed E-state index contributed by atoms with van der Waals surface area (Å²) in [6, 6.07) is 4.37. The summed E-state index contributed by atoms with van der Waals surface area (Å²) in [4.78, 5) is 10.7. The predicted molar refractivity (Wildman–Crippen MR) is 80.3 cm³/mol. The van der Waals surface area contributed by atoms with Crippen molar-refractivity contribution in [2.24, 2.45) is 0 Å². The van der Waals surface area contributed by atoms with Crippen LogP contribution in [0, 0.1) is 5.82 Å². The number of hydrogen-bond donors (Lipinski definition) is 1. The lowest BCUT2D eigenvalue weighted by Gasteiger charge is -2.08. The zero-order valence-corrected chi connectivity index (χ0v) is 11.9. The van der Waals surface area contributed by atoms with Crippen LogP contribution in [0.25, 0.3) is 10.2 Å². The van der Waals surface area contributed by atoms with Gasteiger partial charge < -0.3 is 10.5 Å². The van der Waals surface area contributed by atoms with Crippen LogP contribution in [-0.2, 0) is 12.8 Å². The quantitative estimate of drug-likeness (QED) is 0.733. The summed E-state index contributed by atoms with van der Waals surface area (Å²) in [5.41, 5.74) is 7.17. The first-order valence-electron chi connectivity index (χ1n) is 6.70. The summed E-state index contributed by atoms with van der Waals surface area (Å²) in [6.45, 7) is 0. The highest BCUT2D eigenvalue weighted by Gasteiger charge is 2.22. The summed E-state index contributed by atoms with van der Waals surface area (Å²) in [6.07, 6.45) is 4.68. The highest BCUT2D eigenvalue weighted by atomic mass is 32.1. The molecule has 2 N–H and O–H groups in total. The number of rotatable bonds is 2. The van der Waals surface area contributed by atoms with Crippen molar-refractivity contribution in [3.63, 3.8) is 0 Å². The van der Waals surface area contributed by atoms with Gasteiger partial charge in [-0.25, -0.2) is 14.4 Å². The Morgan fingerprint density at radius 2 is 2.14 bits per heavy atom. The molecule has 3 aromatic rings. The Morgan fingerprint density at radius 3 is 3.00 bits per heavy atom. The van der Waals surface area contributed by atoms with E-state index in [-0.39, 0.29) is 5.75 Å². The van der Waals surface area contributed by atoms with E-state index in [1.807, 2.05) is 0 Å². The molecular formula is C15H12FN3OS. The zero-order valence-electron chi connectivity index (χ0n) is 11.1. The van der Waals surface area contributed by atoms with Crippen molar-refractivity contribution >= 4 is 27.2 Å². The third-order valence-corrected chi connectivity index (χ3v) is 4.83. The van der Waals surface area contributed by atoms with Crippen LogP contribution in [0.5, 0.6) is 11.6 Å². The molecule has 0 saturated heterocycles. The molecule has 21 heavy (non-hydrogen) atoms. The number of fused-ring (bicyclic) bond motifs is 3. The molecule has 0 radical (unpaired) electrons. The minimum atomic E-state index is -0.492. The van der Waals surface area contributed by atoms with E-state index < -0.39 is 5.82 Å². The second-order valence-electron chi connectivity index (χ2n) is 5.01. The Labute approximate surface area is 124 Å². The van der Waals surface area contributed by atoms with E-state index in [0.29, 0.717) is 11.6 Å². The van der Waals surface area contributed by atoms with Gasteiger partial charge in [-0.3, -0.25) is 0 Å². The fourth-order valence-corrected chi connectivity index (χ4v) is 3.90. The molecule has 0 unspecified atom stereocenters. The third kappa shape index (κ3) is 2.03. The Kier molecular flexibility index (Phi) is 2.78. The summed E-state index contributed by atoms with van der Waals surface area (Å²) in [5, 5.41) is 0.922. The van der Waals surface area contributed by atoms with Crippen molar-refractivity contribution in [1.82, 2.24) is 9.97 Å². The van der Waals surface area contributed by atoms with E-state index in [0.717, 1.165) is 29.5 Å². The van der Waals surface area contributed by atoms with Crippen LogP contribution in [0.3, 0.4) is 0 Å². The number of nitrogens with zero attached hydrogens (tertiary/aromatic N) is 2. The Bertz CT molecular complexity index is 846. The van der Waals surface area contributed by atoms with Crippen molar-refractivity contribution in [1.29, 1.82) is 0 Å². The number of thiophene rings is 1. The maximum Gasteiger partial charge on any atom is 0.231 e. The summed E-state index contributed by atoms with van der Waals surface area (Å²) in [5.74, 6) is 0.0545. The molecule has 106 valence electrons. The summed E-state index contributed by atoms with van der Waals surface area (Å²) < 4.78 is 19.6. The molecule has 0 amide bonds. The van der Waals surface area contributed by atoms with Crippen molar-refractivity contribution in [3.05, 3.63) is 40.8 Å². The number of halogens is 1. The molecule has 1 aromatic carbocycles. The standard InChI is InChI=1S/C15H12FN3OS/c16-10-6-8(17)4-5-11(10)20-14-13-9-2-1-3-12(9)21-15(13)19-7-18-14/h4-7H,1-3,17H2. The molecule has 0 aliphatic heterocycles. The van der Waals surface area contributed by atoms with Crippen LogP contribution in [-0.4, -0.2) is 9.97 Å². The SMILES string of the molecule is Nc1ccc(Oc2ncnc3sc4c(c23)CCC4)c(F)c1. The second-order valence-corrected chi connectivity index (χ2v) is 6.09. The minimum Gasteiger partial charge on any atom is -0.435 e. The van der Waals surface area contributed by atoms with Gasteiger partial charge in [-0.2, -0.15) is 0 Å². The largest absolute Gasteiger partial charge is 0.435 e. The Balaban J connectivity index is 1.83. The molecule has 2 heterocycles. The van der Waals surface area contributed by atoms with Crippen LogP contribution in [0.1, 0.15) is 16.9 Å². The van der Waals surface area contributed by atoms with Crippen LogP contribution in [0.2, 0.25) is 0 Å². The lowest BCUT2D eigenvalue weighted by molar-refractivity contribution is 0.432. The molecule has 0 atom stereocenters. The molecule has 0 saturated carbocycles. The average Bonchev–Trinajstić information content (AvgIpc) is 3.02. The van der Waals surface area contributed by atoms with E-state index >= 15 is 0 Å². The fourth-order valence-electron chi connectivity index (χ4n) is 2.68. The average molecular weight is 301 g/mol. The van der Waals surface area contributed by atoms with Gasteiger partial charge in [0.15, 0.2) is 11.6 Å². The topological polar surface area (TPSA) is 61.0 Å². The van der Waals surface area contributed by atoms with Gasteiger partial charge in [-0.15, -0.1) is 11.3 Å². The summed E-state index contributed by atoms with van der Waals surface area (Å²) in [7, 11) is 0.